The maximum atomic E-state index is 9.39. The van der Waals surface area contributed by atoms with Gasteiger partial charge in [0.25, 0.3) is 0 Å². The largest absolute Gasteiger partial charge is 0.390 e. The van der Waals surface area contributed by atoms with Crippen molar-refractivity contribution in [3.05, 3.63) is 0 Å². The monoisotopic (exact) mass is 144 g/mol. The Hall–Kier alpha value is -0.120. The first-order chi connectivity index (χ1) is 4.74. The van der Waals surface area contributed by atoms with Crippen LogP contribution in [-0.2, 0) is 0 Å². The Bertz CT molecular complexity index is 108. The molecule has 10 heavy (non-hydrogen) atoms. The van der Waals surface area contributed by atoms with E-state index < -0.39 is 0 Å². The highest BCUT2D eigenvalue weighted by Crippen LogP contribution is 2.06. The van der Waals surface area contributed by atoms with Gasteiger partial charge in [-0.1, -0.05) is 6.92 Å². The van der Waals surface area contributed by atoms with Crippen LogP contribution in [0.4, 0.5) is 0 Å². The lowest BCUT2D eigenvalue weighted by Gasteiger charge is -2.13. The Labute approximate surface area is 62.0 Å². The molecule has 1 aliphatic rings. The first-order valence-electron chi connectivity index (χ1n) is 3.84. The average molecular weight is 144 g/mol. The molecule has 2 atom stereocenters. The van der Waals surface area contributed by atoms with Crippen LogP contribution in [0.15, 0.2) is 0 Å². The SMILES string of the molecule is CCN[C@H]1CN(C)C[C@@H]1O. The molecule has 60 valence electrons. The summed E-state index contributed by atoms with van der Waals surface area (Å²) in [5.41, 5.74) is 0. The summed E-state index contributed by atoms with van der Waals surface area (Å²) in [5.74, 6) is 0. The molecule has 0 aromatic rings. The third-order valence-electron chi connectivity index (χ3n) is 1.94. The number of aliphatic hydroxyl groups is 1. The molecule has 0 saturated carbocycles. The van der Waals surface area contributed by atoms with Crippen molar-refractivity contribution in [1.29, 1.82) is 0 Å². The van der Waals surface area contributed by atoms with Crippen LogP contribution in [0.25, 0.3) is 0 Å². The van der Waals surface area contributed by atoms with Gasteiger partial charge in [-0.15, -0.1) is 0 Å². The third kappa shape index (κ3) is 1.68. The summed E-state index contributed by atoms with van der Waals surface area (Å²) in [5, 5.41) is 12.6. The van der Waals surface area contributed by atoms with E-state index in [1.807, 2.05) is 7.05 Å². The van der Waals surface area contributed by atoms with Gasteiger partial charge < -0.3 is 15.3 Å². The van der Waals surface area contributed by atoms with E-state index in [0.29, 0.717) is 0 Å². The molecule has 0 aromatic heterocycles. The molecule has 1 rings (SSSR count). The van der Waals surface area contributed by atoms with Crippen LogP contribution >= 0.6 is 0 Å². The third-order valence-corrected chi connectivity index (χ3v) is 1.94. The van der Waals surface area contributed by atoms with E-state index in [-0.39, 0.29) is 12.1 Å². The predicted octanol–water partition coefficient (Wildman–Crippen LogP) is -0.729. The lowest BCUT2D eigenvalue weighted by Crippen LogP contribution is -2.38. The van der Waals surface area contributed by atoms with Crippen LogP contribution < -0.4 is 5.32 Å². The van der Waals surface area contributed by atoms with Crippen molar-refractivity contribution >= 4 is 0 Å². The van der Waals surface area contributed by atoms with Gasteiger partial charge in [-0.3, -0.25) is 0 Å². The topological polar surface area (TPSA) is 35.5 Å². The Morgan fingerprint density at radius 2 is 2.30 bits per heavy atom. The number of likely N-dealkylation sites (N-methyl/N-ethyl adjacent to an activating group) is 2. The van der Waals surface area contributed by atoms with Crippen LogP contribution in [0.1, 0.15) is 6.92 Å². The second-order valence-electron chi connectivity index (χ2n) is 2.95. The van der Waals surface area contributed by atoms with Gasteiger partial charge in [-0.2, -0.15) is 0 Å². The van der Waals surface area contributed by atoms with E-state index in [1.165, 1.54) is 0 Å². The Kier molecular flexibility index (Phi) is 2.65. The van der Waals surface area contributed by atoms with Crippen molar-refractivity contribution in [3.8, 4) is 0 Å². The van der Waals surface area contributed by atoms with Crippen LogP contribution in [0.2, 0.25) is 0 Å². The predicted molar refractivity (Wildman–Crippen MR) is 41.0 cm³/mol. The van der Waals surface area contributed by atoms with Crippen LogP contribution in [0.5, 0.6) is 0 Å². The van der Waals surface area contributed by atoms with Gasteiger partial charge in [0.1, 0.15) is 0 Å². The number of aliphatic hydroxyl groups excluding tert-OH is 1. The first-order valence-corrected chi connectivity index (χ1v) is 3.84. The van der Waals surface area contributed by atoms with Crippen molar-refractivity contribution in [2.75, 3.05) is 26.7 Å². The molecule has 2 N–H and O–H groups in total. The Balaban J connectivity index is 2.31. The molecule has 1 heterocycles. The van der Waals surface area contributed by atoms with Gasteiger partial charge in [0.15, 0.2) is 0 Å². The lowest BCUT2D eigenvalue weighted by molar-refractivity contribution is 0.158. The lowest BCUT2D eigenvalue weighted by atomic mass is 10.2. The van der Waals surface area contributed by atoms with E-state index in [4.69, 9.17) is 0 Å². The van der Waals surface area contributed by atoms with Crippen molar-refractivity contribution in [2.24, 2.45) is 0 Å². The van der Waals surface area contributed by atoms with E-state index in [2.05, 4.69) is 17.1 Å². The van der Waals surface area contributed by atoms with Gasteiger partial charge in [0.2, 0.25) is 0 Å². The molecule has 0 unspecified atom stereocenters. The maximum Gasteiger partial charge on any atom is 0.0832 e. The summed E-state index contributed by atoms with van der Waals surface area (Å²) in [4.78, 5) is 2.14. The summed E-state index contributed by atoms with van der Waals surface area (Å²) in [6, 6.07) is 0.287. The fourth-order valence-corrected chi connectivity index (χ4v) is 1.44. The number of hydrogen-bond acceptors (Lipinski definition) is 3. The first kappa shape index (κ1) is 7.98. The summed E-state index contributed by atoms with van der Waals surface area (Å²) >= 11 is 0. The normalized spacial score (nSPS) is 35.1. The Morgan fingerprint density at radius 1 is 1.60 bits per heavy atom. The minimum absolute atomic E-state index is 0.176. The van der Waals surface area contributed by atoms with Crippen molar-refractivity contribution in [3.63, 3.8) is 0 Å². The molecule has 1 aliphatic heterocycles. The smallest absolute Gasteiger partial charge is 0.0832 e. The number of nitrogens with one attached hydrogen (secondary N) is 1. The van der Waals surface area contributed by atoms with Crippen LogP contribution in [0.3, 0.4) is 0 Å². The molecule has 0 spiro atoms. The van der Waals surface area contributed by atoms with E-state index >= 15 is 0 Å². The van der Waals surface area contributed by atoms with Gasteiger partial charge in [-0.05, 0) is 13.6 Å². The molecular formula is C7H16N2O. The summed E-state index contributed by atoms with van der Waals surface area (Å²) in [6.07, 6.45) is -0.176. The zero-order valence-electron chi connectivity index (χ0n) is 6.67. The highest BCUT2D eigenvalue weighted by Gasteiger charge is 2.27. The molecule has 0 amide bonds. The van der Waals surface area contributed by atoms with E-state index in [9.17, 15) is 5.11 Å². The van der Waals surface area contributed by atoms with Crippen LogP contribution in [-0.4, -0.2) is 48.8 Å². The summed E-state index contributed by atoms with van der Waals surface area (Å²) in [6.45, 7) is 4.77. The highest BCUT2D eigenvalue weighted by molar-refractivity contribution is 4.86. The molecular weight excluding hydrogens is 128 g/mol. The van der Waals surface area contributed by atoms with E-state index in [0.717, 1.165) is 19.6 Å². The molecule has 1 fully saturated rings. The molecule has 0 radical (unpaired) electrons. The minimum atomic E-state index is -0.176. The molecule has 3 heteroatoms. The molecule has 0 bridgehead atoms. The van der Waals surface area contributed by atoms with Gasteiger partial charge >= 0.3 is 0 Å². The van der Waals surface area contributed by atoms with Crippen molar-refractivity contribution in [2.45, 2.75) is 19.1 Å². The fraction of sp³-hybridized carbons (Fsp3) is 1.00. The molecule has 1 saturated heterocycles. The summed E-state index contributed by atoms with van der Waals surface area (Å²) in [7, 11) is 2.03. The van der Waals surface area contributed by atoms with Crippen molar-refractivity contribution in [1.82, 2.24) is 10.2 Å². The van der Waals surface area contributed by atoms with Crippen LogP contribution in [0, 0.1) is 0 Å². The van der Waals surface area contributed by atoms with Crippen molar-refractivity contribution < 1.29 is 5.11 Å². The molecule has 0 aromatic carbocycles. The van der Waals surface area contributed by atoms with Gasteiger partial charge in [0, 0.05) is 19.1 Å². The second-order valence-corrected chi connectivity index (χ2v) is 2.95. The number of rotatable bonds is 2. The average Bonchev–Trinajstić information content (AvgIpc) is 2.13. The number of β-amino-alcohol motifs (C(OH)–C–C–N with tert-alkyl or cyclic N) is 1. The molecule has 3 nitrogen and oxygen atoms in total. The quantitative estimate of drug-likeness (QED) is 0.536. The standard InChI is InChI=1S/C7H16N2O/c1-3-8-6-4-9(2)5-7(6)10/h6-8,10H,3-5H2,1-2H3/t6-,7-/m0/s1. The zero-order chi connectivity index (χ0) is 7.56. The highest BCUT2D eigenvalue weighted by atomic mass is 16.3. The number of nitrogens with zero attached hydrogens (tertiary/aromatic N) is 1. The second kappa shape index (κ2) is 3.32. The summed E-state index contributed by atoms with van der Waals surface area (Å²) < 4.78 is 0. The Morgan fingerprint density at radius 3 is 2.70 bits per heavy atom. The zero-order valence-corrected chi connectivity index (χ0v) is 6.67. The minimum Gasteiger partial charge on any atom is -0.390 e. The number of hydrogen-bond donors (Lipinski definition) is 2. The maximum absolute atomic E-state index is 9.39. The van der Waals surface area contributed by atoms with E-state index in [1.54, 1.807) is 0 Å². The van der Waals surface area contributed by atoms with Gasteiger partial charge in [0.05, 0.1) is 6.10 Å². The molecule has 0 aliphatic carbocycles. The van der Waals surface area contributed by atoms with Gasteiger partial charge in [-0.25, -0.2) is 0 Å². The fourth-order valence-electron chi connectivity index (χ4n) is 1.44. The number of likely N-dealkylation sites (tertiary alicyclic amines) is 1.